The second kappa shape index (κ2) is 11.4. The zero-order valence-corrected chi connectivity index (χ0v) is 20.7. The zero-order chi connectivity index (χ0) is 25.8. The van der Waals surface area contributed by atoms with Gasteiger partial charge in [0.1, 0.15) is 11.5 Å². The molecule has 36 heavy (non-hydrogen) atoms. The van der Waals surface area contributed by atoms with E-state index in [4.69, 9.17) is 4.42 Å². The van der Waals surface area contributed by atoms with Crippen molar-refractivity contribution in [3.63, 3.8) is 0 Å². The van der Waals surface area contributed by atoms with Crippen molar-refractivity contribution in [1.29, 1.82) is 0 Å². The third kappa shape index (κ3) is 7.82. The van der Waals surface area contributed by atoms with Crippen LogP contribution in [0, 0.1) is 12.8 Å². The number of alkyl halides is 4. The minimum Gasteiger partial charge on any atom is -0.425 e. The number of carbonyl (C=O) groups excluding carboxylic acids is 1. The van der Waals surface area contributed by atoms with E-state index in [1.807, 2.05) is 6.07 Å². The van der Waals surface area contributed by atoms with Crippen LogP contribution in [0.3, 0.4) is 0 Å². The molecule has 198 valence electrons. The molecular weight excluding hydrogens is 476 g/mol. The van der Waals surface area contributed by atoms with E-state index < -0.39 is 18.3 Å². The molecule has 0 spiro atoms. The number of aromatic nitrogens is 3. The van der Waals surface area contributed by atoms with Gasteiger partial charge in [-0.2, -0.15) is 13.2 Å². The third-order valence-corrected chi connectivity index (χ3v) is 7.46. The first-order valence-electron chi connectivity index (χ1n) is 12.8. The van der Waals surface area contributed by atoms with Crippen LogP contribution in [0.4, 0.5) is 17.6 Å². The summed E-state index contributed by atoms with van der Waals surface area (Å²) in [4.78, 5) is 19.1. The second-order valence-electron chi connectivity index (χ2n) is 10.3. The zero-order valence-electron chi connectivity index (χ0n) is 20.7. The lowest BCUT2D eigenvalue weighted by Crippen LogP contribution is -2.36. The smallest absolute Gasteiger partial charge is 0.389 e. The summed E-state index contributed by atoms with van der Waals surface area (Å²) in [7, 11) is 0. The van der Waals surface area contributed by atoms with Gasteiger partial charge >= 0.3 is 6.18 Å². The van der Waals surface area contributed by atoms with E-state index in [2.05, 4.69) is 20.1 Å². The van der Waals surface area contributed by atoms with E-state index in [9.17, 15) is 18.0 Å². The fourth-order valence-corrected chi connectivity index (χ4v) is 5.29. The number of ketones is 1. The van der Waals surface area contributed by atoms with Crippen LogP contribution in [-0.4, -0.2) is 57.3 Å². The maximum atomic E-state index is 15.5. The molecule has 0 aromatic carbocycles. The Hall–Kier alpha value is -2.36. The number of hydrogen-bond acceptors (Lipinski definition) is 6. The molecule has 6 nitrogen and oxygen atoms in total. The SMILES string of the molecule is Cc1nnc(CC(=O)CC2CCC(F)(CCN3CCc4ccc(CCC(F)(F)F)nc4CC3)CC2)o1. The number of nitrogens with zero attached hydrogens (tertiary/aromatic N) is 4. The standard InChI is InChI=1S/C26H34F4N4O2/c1-18-32-33-24(36-18)17-22(35)16-19-4-9-25(27,10-5-19)12-15-34-13-7-20-2-3-21(6-11-26(28,29)30)31-23(20)8-14-34/h2-3,19H,4-17H2,1H3. The van der Waals surface area contributed by atoms with Gasteiger partial charge in [-0.1, -0.05) is 6.07 Å². The Morgan fingerprint density at radius 1 is 1.17 bits per heavy atom. The van der Waals surface area contributed by atoms with Gasteiger partial charge in [0.2, 0.25) is 11.8 Å². The van der Waals surface area contributed by atoms with Crippen LogP contribution in [0.1, 0.15) is 73.7 Å². The van der Waals surface area contributed by atoms with Crippen molar-refractivity contribution in [2.75, 3.05) is 19.6 Å². The van der Waals surface area contributed by atoms with Crippen LogP contribution >= 0.6 is 0 Å². The molecule has 0 radical (unpaired) electrons. The number of hydrogen-bond donors (Lipinski definition) is 0. The molecule has 1 aliphatic heterocycles. The molecule has 1 aliphatic carbocycles. The normalized spacial score (nSPS) is 23.3. The van der Waals surface area contributed by atoms with Gasteiger partial charge < -0.3 is 9.32 Å². The molecular formula is C26H34F4N4O2. The van der Waals surface area contributed by atoms with Gasteiger partial charge in [0.15, 0.2) is 0 Å². The molecule has 0 atom stereocenters. The van der Waals surface area contributed by atoms with Gasteiger partial charge in [0, 0.05) is 57.2 Å². The van der Waals surface area contributed by atoms with Gasteiger partial charge in [-0.05, 0) is 62.5 Å². The lowest BCUT2D eigenvalue weighted by Gasteiger charge is -2.35. The first-order chi connectivity index (χ1) is 17.1. The van der Waals surface area contributed by atoms with Crippen LogP contribution in [0.25, 0.3) is 0 Å². The largest absolute Gasteiger partial charge is 0.425 e. The Labute approximate surface area is 208 Å². The van der Waals surface area contributed by atoms with Gasteiger partial charge in [0.05, 0.1) is 6.42 Å². The van der Waals surface area contributed by atoms with Crippen molar-refractivity contribution in [2.24, 2.45) is 5.92 Å². The molecule has 2 aromatic heterocycles. The molecule has 0 N–H and O–H groups in total. The van der Waals surface area contributed by atoms with E-state index in [0.717, 1.165) is 30.8 Å². The average molecular weight is 511 g/mol. The van der Waals surface area contributed by atoms with E-state index in [0.29, 0.717) is 69.0 Å². The summed E-state index contributed by atoms with van der Waals surface area (Å²) in [5, 5.41) is 7.60. The van der Waals surface area contributed by atoms with Crippen LogP contribution in [0.2, 0.25) is 0 Å². The first kappa shape index (κ1) is 26.7. The molecule has 2 aromatic rings. The predicted octanol–water partition coefficient (Wildman–Crippen LogP) is 5.16. The number of fused-ring (bicyclic) bond motifs is 1. The van der Waals surface area contributed by atoms with Crippen LogP contribution in [0.5, 0.6) is 0 Å². The molecule has 1 fully saturated rings. The van der Waals surface area contributed by atoms with Crippen LogP contribution in [0.15, 0.2) is 16.5 Å². The summed E-state index contributed by atoms with van der Waals surface area (Å²) in [6.07, 6.45) is -0.401. The number of aryl methyl sites for hydroxylation is 2. The predicted molar refractivity (Wildman–Crippen MR) is 125 cm³/mol. The van der Waals surface area contributed by atoms with Crippen molar-refractivity contribution >= 4 is 5.78 Å². The van der Waals surface area contributed by atoms with Gasteiger partial charge in [-0.15, -0.1) is 10.2 Å². The molecule has 3 heterocycles. The van der Waals surface area contributed by atoms with Crippen molar-refractivity contribution < 1.29 is 26.8 Å². The molecule has 2 aliphatic rings. The topological polar surface area (TPSA) is 72.1 Å². The number of halogens is 4. The minimum atomic E-state index is -4.18. The molecule has 0 bridgehead atoms. The quantitative estimate of drug-likeness (QED) is 0.434. The fraction of sp³-hybridized carbons (Fsp3) is 0.692. The Morgan fingerprint density at radius 3 is 2.61 bits per heavy atom. The summed E-state index contributed by atoms with van der Waals surface area (Å²) >= 11 is 0. The number of Topliss-reactive ketones (excluding diaryl/α,β-unsaturated/α-hetero) is 1. The average Bonchev–Trinajstić information content (AvgIpc) is 3.11. The highest BCUT2D eigenvalue weighted by atomic mass is 19.4. The molecule has 4 rings (SSSR count). The molecule has 0 amide bonds. The van der Waals surface area contributed by atoms with E-state index in [-0.39, 0.29) is 24.5 Å². The highest BCUT2D eigenvalue weighted by molar-refractivity contribution is 5.80. The Balaban J connectivity index is 1.19. The highest BCUT2D eigenvalue weighted by Gasteiger charge is 2.36. The van der Waals surface area contributed by atoms with Crippen LogP contribution in [-0.2, 0) is 30.5 Å². The van der Waals surface area contributed by atoms with Crippen molar-refractivity contribution in [3.05, 3.63) is 40.9 Å². The van der Waals surface area contributed by atoms with Gasteiger partial charge in [-0.25, -0.2) is 4.39 Å². The molecule has 0 unspecified atom stereocenters. The number of pyridine rings is 1. The summed E-state index contributed by atoms with van der Waals surface area (Å²) in [5.41, 5.74) is 1.20. The highest BCUT2D eigenvalue weighted by Crippen LogP contribution is 2.39. The number of rotatable bonds is 9. The van der Waals surface area contributed by atoms with E-state index in [1.54, 1.807) is 13.0 Å². The summed E-state index contributed by atoms with van der Waals surface area (Å²) in [6, 6.07) is 3.60. The number of carbonyl (C=O) groups is 1. The molecule has 1 saturated carbocycles. The molecule has 10 heteroatoms. The lowest BCUT2D eigenvalue weighted by atomic mass is 9.76. The Bertz CT molecular complexity index is 1030. The van der Waals surface area contributed by atoms with E-state index >= 15 is 4.39 Å². The minimum absolute atomic E-state index is 0.0503. The monoisotopic (exact) mass is 510 g/mol. The maximum Gasteiger partial charge on any atom is 0.389 e. The summed E-state index contributed by atoms with van der Waals surface area (Å²) < 4.78 is 58.4. The van der Waals surface area contributed by atoms with Gasteiger partial charge in [0.25, 0.3) is 0 Å². The second-order valence-corrected chi connectivity index (χ2v) is 10.3. The van der Waals surface area contributed by atoms with Crippen LogP contribution < -0.4 is 0 Å². The maximum absolute atomic E-state index is 15.5. The van der Waals surface area contributed by atoms with Crippen molar-refractivity contribution in [2.45, 2.75) is 89.4 Å². The van der Waals surface area contributed by atoms with E-state index in [1.165, 1.54) is 0 Å². The first-order valence-corrected chi connectivity index (χ1v) is 12.8. The Morgan fingerprint density at radius 2 is 1.92 bits per heavy atom. The van der Waals surface area contributed by atoms with Gasteiger partial charge in [-0.3, -0.25) is 9.78 Å². The summed E-state index contributed by atoms with van der Waals surface area (Å²) in [5.74, 6) is 1.01. The van der Waals surface area contributed by atoms with Crippen molar-refractivity contribution in [1.82, 2.24) is 20.1 Å². The fourth-order valence-electron chi connectivity index (χ4n) is 5.29. The lowest BCUT2D eigenvalue weighted by molar-refractivity contribution is -0.134. The summed E-state index contributed by atoms with van der Waals surface area (Å²) in [6.45, 7) is 3.85. The molecule has 0 saturated heterocycles. The third-order valence-electron chi connectivity index (χ3n) is 7.46. The Kier molecular flexibility index (Phi) is 8.42. The van der Waals surface area contributed by atoms with Crippen molar-refractivity contribution in [3.8, 4) is 0 Å².